The molecule has 0 fully saturated rings. The summed E-state index contributed by atoms with van der Waals surface area (Å²) in [6.45, 7) is 1.94. The molecule has 3 rings (SSSR count). The summed E-state index contributed by atoms with van der Waals surface area (Å²) < 4.78 is 0.818. The van der Waals surface area contributed by atoms with Crippen LogP contribution in [0.1, 0.15) is 17.3 Å². The lowest BCUT2D eigenvalue weighted by molar-refractivity contribution is -0.117. The predicted octanol–water partition coefficient (Wildman–Crippen LogP) is 4.07. The third kappa shape index (κ3) is 3.86. The number of benzene rings is 2. The van der Waals surface area contributed by atoms with E-state index in [2.05, 4.69) is 26.2 Å². The van der Waals surface area contributed by atoms with Crippen molar-refractivity contribution < 1.29 is 9.59 Å². The molecule has 0 aliphatic rings. The summed E-state index contributed by atoms with van der Waals surface area (Å²) in [4.78, 5) is 30.0. The van der Waals surface area contributed by atoms with Crippen molar-refractivity contribution in [1.29, 1.82) is 0 Å². The van der Waals surface area contributed by atoms with E-state index >= 15 is 0 Å². The van der Waals surface area contributed by atoms with E-state index in [0.717, 1.165) is 15.4 Å². The second-order valence-corrected chi connectivity index (χ2v) is 7.09. The molecule has 2 N–H and O–H groups in total. The minimum atomic E-state index is -0.417. The first-order chi connectivity index (χ1) is 12.5. The quantitative estimate of drug-likeness (QED) is 0.598. The molecule has 1 heterocycles. The molecule has 0 radical (unpaired) electrons. The predicted molar refractivity (Wildman–Crippen MR) is 107 cm³/mol. The van der Waals surface area contributed by atoms with E-state index in [9.17, 15) is 9.59 Å². The van der Waals surface area contributed by atoms with Gasteiger partial charge < -0.3 is 10.3 Å². The topological polar surface area (TPSA) is 65.2 Å². The van der Waals surface area contributed by atoms with Gasteiger partial charge in [0.25, 0.3) is 0 Å². The van der Waals surface area contributed by atoms with Crippen LogP contribution in [0.15, 0.2) is 59.2 Å². The number of nitrogens with zero attached hydrogens (tertiary/aromatic N) is 1. The van der Waals surface area contributed by atoms with Gasteiger partial charge in [-0.2, -0.15) is 0 Å². The number of hydrogen-bond donors (Lipinski definition) is 2. The molecule has 0 aliphatic carbocycles. The van der Waals surface area contributed by atoms with Crippen LogP contribution in [0, 0.1) is 0 Å². The lowest BCUT2D eigenvalue weighted by atomic mass is 10.0. The number of carbonyl (C=O) groups excluding carboxylic acids is 2. The van der Waals surface area contributed by atoms with Gasteiger partial charge in [0.05, 0.1) is 18.3 Å². The fourth-order valence-electron chi connectivity index (χ4n) is 2.82. The van der Waals surface area contributed by atoms with Crippen LogP contribution in [0.3, 0.4) is 0 Å². The molecule has 0 unspecified atom stereocenters. The van der Waals surface area contributed by atoms with E-state index < -0.39 is 6.04 Å². The summed E-state index contributed by atoms with van der Waals surface area (Å²) in [5.41, 5.74) is 2.28. The number of nitrogens with one attached hydrogen (secondary N) is 2. The van der Waals surface area contributed by atoms with Gasteiger partial charge in [-0.25, -0.2) is 0 Å². The Balaban J connectivity index is 1.67. The largest absolute Gasteiger partial charge is 0.360 e. The Labute approximate surface area is 160 Å². The van der Waals surface area contributed by atoms with Gasteiger partial charge in [-0.1, -0.05) is 30.3 Å². The molecule has 0 saturated heterocycles. The molecular formula is C20H20BrN3O2. The molecule has 3 aromatic rings. The number of halogens is 1. The molecule has 1 aromatic heterocycles. The van der Waals surface area contributed by atoms with Crippen molar-refractivity contribution in [3.63, 3.8) is 0 Å². The summed E-state index contributed by atoms with van der Waals surface area (Å²) in [5, 5.41) is 3.75. The maximum atomic E-state index is 12.9. The highest BCUT2D eigenvalue weighted by atomic mass is 79.9. The van der Waals surface area contributed by atoms with Crippen molar-refractivity contribution in [2.45, 2.75) is 13.0 Å². The minimum absolute atomic E-state index is 0.0151. The molecule has 2 aromatic carbocycles. The molecule has 0 spiro atoms. The Morgan fingerprint density at radius 3 is 2.62 bits per heavy atom. The number of fused-ring (bicyclic) bond motifs is 1. The number of H-pyrrole nitrogens is 1. The zero-order chi connectivity index (χ0) is 18.7. The normalized spacial score (nSPS) is 12.3. The Hall–Kier alpha value is -2.44. The number of amides is 1. The van der Waals surface area contributed by atoms with Crippen LogP contribution in [-0.4, -0.2) is 41.2 Å². The first-order valence-electron chi connectivity index (χ1n) is 8.32. The number of para-hydroxylation sites is 2. The molecule has 5 nitrogen and oxygen atoms in total. The Morgan fingerprint density at radius 1 is 1.15 bits per heavy atom. The monoisotopic (exact) mass is 413 g/mol. The van der Waals surface area contributed by atoms with Gasteiger partial charge >= 0.3 is 0 Å². The summed E-state index contributed by atoms with van der Waals surface area (Å²) in [5.74, 6) is -0.184. The van der Waals surface area contributed by atoms with Crippen molar-refractivity contribution in [1.82, 2.24) is 9.88 Å². The Kier molecular flexibility index (Phi) is 5.54. The second kappa shape index (κ2) is 7.85. The fourth-order valence-corrected chi connectivity index (χ4v) is 3.20. The highest BCUT2D eigenvalue weighted by Crippen LogP contribution is 2.22. The lowest BCUT2D eigenvalue weighted by Gasteiger charge is -2.23. The average Bonchev–Trinajstić information content (AvgIpc) is 3.06. The number of hydrogen-bond acceptors (Lipinski definition) is 3. The zero-order valence-corrected chi connectivity index (χ0v) is 16.2. The van der Waals surface area contributed by atoms with Crippen LogP contribution < -0.4 is 5.32 Å². The van der Waals surface area contributed by atoms with Crippen molar-refractivity contribution in [3.05, 3.63) is 64.8 Å². The van der Waals surface area contributed by atoms with Crippen LogP contribution in [0.5, 0.6) is 0 Å². The van der Waals surface area contributed by atoms with Gasteiger partial charge in [0, 0.05) is 27.1 Å². The number of Topliss-reactive ketones (excluding diaryl/α,β-unsaturated/α-hetero) is 1. The average molecular weight is 414 g/mol. The van der Waals surface area contributed by atoms with Crippen molar-refractivity contribution in [3.8, 4) is 0 Å². The number of aromatic nitrogens is 1. The molecule has 134 valence electrons. The summed E-state index contributed by atoms with van der Waals surface area (Å²) >= 11 is 3.41. The first kappa shape index (κ1) is 18.4. The number of anilines is 1. The second-order valence-electron chi connectivity index (χ2n) is 6.23. The zero-order valence-electron chi connectivity index (χ0n) is 14.6. The third-order valence-corrected chi connectivity index (χ3v) is 5.13. The summed E-state index contributed by atoms with van der Waals surface area (Å²) in [7, 11) is 1.77. The first-order valence-corrected chi connectivity index (χ1v) is 9.11. The Bertz CT molecular complexity index is 951. The highest BCUT2D eigenvalue weighted by molar-refractivity contribution is 9.10. The summed E-state index contributed by atoms with van der Waals surface area (Å²) in [6, 6.07) is 14.7. The number of aromatic amines is 1. The molecule has 0 saturated carbocycles. The van der Waals surface area contributed by atoms with Gasteiger partial charge in [-0.3, -0.25) is 14.5 Å². The van der Waals surface area contributed by atoms with Gasteiger partial charge in [0.2, 0.25) is 5.91 Å². The van der Waals surface area contributed by atoms with Gasteiger partial charge in [0.1, 0.15) is 0 Å². The molecular weight excluding hydrogens is 394 g/mol. The van der Waals surface area contributed by atoms with Gasteiger partial charge in [-0.15, -0.1) is 0 Å². The minimum Gasteiger partial charge on any atom is -0.360 e. The lowest BCUT2D eigenvalue weighted by Crippen LogP contribution is -2.40. The molecule has 1 atom stereocenters. The van der Waals surface area contributed by atoms with E-state index in [4.69, 9.17) is 0 Å². The maximum Gasteiger partial charge on any atom is 0.238 e. The smallest absolute Gasteiger partial charge is 0.238 e. The number of rotatable bonds is 6. The standard InChI is InChI=1S/C20H20BrN3O2/c1-13(20(26)15-11-22-17-9-5-3-7-14(15)17)24(2)12-19(25)23-18-10-6-4-8-16(18)21/h3-11,13,22H,12H2,1-2H3,(H,23,25)/t13-/m0/s1. The van der Waals surface area contributed by atoms with Gasteiger partial charge in [-0.05, 0) is 48.1 Å². The SMILES string of the molecule is C[C@@H](C(=O)c1c[nH]c2ccccc12)N(C)CC(=O)Nc1ccccc1Br. The van der Waals surface area contributed by atoms with Crippen LogP contribution >= 0.6 is 15.9 Å². The van der Waals surface area contributed by atoms with Crippen molar-refractivity contribution in [2.75, 3.05) is 18.9 Å². The van der Waals surface area contributed by atoms with Crippen molar-refractivity contribution in [2.24, 2.45) is 0 Å². The third-order valence-electron chi connectivity index (χ3n) is 4.44. The maximum absolute atomic E-state index is 12.9. The van der Waals surface area contributed by atoms with E-state index in [0.29, 0.717) is 11.3 Å². The molecule has 26 heavy (non-hydrogen) atoms. The van der Waals surface area contributed by atoms with Crippen molar-refractivity contribution >= 4 is 44.2 Å². The van der Waals surface area contributed by atoms with E-state index in [-0.39, 0.29) is 18.2 Å². The Morgan fingerprint density at radius 2 is 1.85 bits per heavy atom. The van der Waals surface area contributed by atoms with E-state index in [1.807, 2.05) is 55.5 Å². The fraction of sp³-hybridized carbons (Fsp3) is 0.200. The molecule has 6 heteroatoms. The van der Waals surface area contributed by atoms with E-state index in [1.165, 1.54) is 0 Å². The van der Waals surface area contributed by atoms with E-state index in [1.54, 1.807) is 18.1 Å². The van der Waals surface area contributed by atoms with Crippen LogP contribution in [0.4, 0.5) is 5.69 Å². The molecule has 0 bridgehead atoms. The highest BCUT2D eigenvalue weighted by Gasteiger charge is 2.23. The van der Waals surface area contributed by atoms with Crippen LogP contribution in [0.25, 0.3) is 10.9 Å². The molecule has 0 aliphatic heterocycles. The number of likely N-dealkylation sites (N-methyl/N-ethyl adjacent to an activating group) is 1. The van der Waals surface area contributed by atoms with Crippen LogP contribution in [0.2, 0.25) is 0 Å². The van der Waals surface area contributed by atoms with Gasteiger partial charge in [0.15, 0.2) is 5.78 Å². The number of carbonyl (C=O) groups is 2. The molecule has 1 amide bonds. The van der Waals surface area contributed by atoms with Crippen LogP contribution in [-0.2, 0) is 4.79 Å². The summed E-state index contributed by atoms with van der Waals surface area (Å²) in [6.07, 6.45) is 1.73. The number of ketones is 1.